The third kappa shape index (κ3) is 3.88. The Morgan fingerprint density at radius 2 is 1.86 bits per heavy atom. The number of hydrogen-bond acceptors (Lipinski definition) is 5. The van der Waals surface area contributed by atoms with Crippen LogP contribution in [0.4, 0.5) is 11.6 Å². The smallest absolute Gasteiger partial charge is 0.247 e. The van der Waals surface area contributed by atoms with Gasteiger partial charge in [-0.2, -0.15) is 0 Å². The number of benzene rings is 1. The van der Waals surface area contributed by atoms with Crippen molar-refractivity contribution >= 4 is 22.4 Å². The van der Waals surface area contributed by atoms with Gasteiger partial charge in [0.05, 0.1) is 11.4 Å². The topological polar surface area (TPSA) is 67.8 Å². The highest BCUT2D eigenvalue weighted by molar-refractivity contribution is 7.83. The molecule has 0 spiro atoms. The summed E-state index contributed by atoms with van der Waals surface area (Å²) in [5, 5.41) is 11.6. The Hall–Kier alpha value is -1.82. The zero-order valence-corrected chi connectivity index (χ0v) is 14.3. The molecule has 0 amide bonds. The van der Waals surface area contributed by atoms with Gasteiger partial charge < -0.3 is 5.32 Å². The van der Waals surface area contributed by atoms with Crippen molar-refractivity contribution in [3.05, 3.63) is 40.7 Å². The fourth-order valence-corrected chi connectivity index (χ4v) is 3.06. The molecule has 2 rings (SSSR count). The van der Waals surface area contributed by atoms with Crippen LogP contribution >= 0.6 is 0 Å². The minimum absolute atomic E-state index is 0.506. The predicted octanol–water partition coefficient (Wildman–Crippen LogP) is 2.93. The molecule has 0 aliphatic carbocycles. The zero-order chi connectivity index (χ0) is 16.1. The molecule has 1 aromatic carbocycles. The first-order chi connectivity index (χ1) is 10.5. The average Bonchev–Trinajstić information content (AvgIpc) is 2.50. The summed E-state index contributed by atoms with van der Waals surface area (Å²) in [6.45, 7) is 6.13. The molecule has 2 aromatic rings. The molecule has 0 saturated heterocycles. The first kappa shape index (κ1) is 16.5. The quantitative estimate of drug-likeness (QED) is 0.887. The Balaban J connectivity index is 2.29. The van der Waals surface area contributed by atoms with Gasteiger partial charge in [0, 0.05) is 28.5 Å². The molecule has 1 unspecified atom stereocenters. The molecule has 0 bridgehead atoms. The van der Waals surface area contributed by atoms with Crippen LogP contribution in [0.3, 0.4) is 0 Å². The maximum Gasteiger partial charge on any atom is 0.247 e. The second kappa shape index (κ2) is 7.45. The molecular weight excluding hydrogens is 296 g/mol. The predicted molar refractivity (Wildman–Crippen MR) is 90.8 cm³/mol. The van der Waals surface area contributed by atoms with E-state index in [4.69, 9.17) is 0 Å². The molecule has 5 nitrogen and oxygen atoms in total. The molecular formula is C16H22N4OS. The second-order valence-corrected chi connectivity index (χ2v) is 6.60. The molecule has 6 heteroatoms. The van der Waals surface area contributed by atoms with E-state index >= 15 is 0 Å². The van der Waals surface area contributed by atoms with Crippen LogP contribution in [0, 0.1) is 6.92 Å². The normalized spacial score (nSPS) is 12.2. The summed E-state index contributed by atoms with van der Waals surface area (Å²) in [5.41, 5.74) is 4.98. The molecule has 1 N–H and O–H groups in total. The van der Waals surface area contributed by atoms with Gasteiger partial charge in [-0.15, -0.1) is 10.2 Å². The summed E-state index contributed by atoms with van der Waals surface area (Å²) in [4.78, 5) is 4.54. The first-order valence-corrected chi connectivity index (χ1v) is 9.15. The molecule has 0 radical (unpaired) electrons. The standard InChI is InChI=1S/C16H22N4OS/c1-5-13-14(6-2)19-20-16(17-13)18-15-9-7-8-12(11(15)3)10-22(4)21/h7-9H,5-6,10H2,1-4H3,(H,17,18,20). The Morgan fingerprint density at radius 3 is 2.50 bits per heavy atom. The van der Waals surface area contributed by atoms with E-state index in [1.165, 1.54) is 0 Å². The van der Waals surface area contributed by atoms with E-state index in [-0.39, 0.29) is 0 Å². The van der Waals surface area contributed by atoms with Gasteiger partial charge in [0.1, 0.15) is 0 Å². The van der Waals surface area contributed by atoms with E-state index in [0.717, 1.165) is 41.0 Å². The average molecular weight is 318 g/mol. The van der Waals surface area contributed by atoms with Crippen molar-refractivity contribution in [2.24, 2.45) is 0 Å². The summed E-state index contributed by atoms with van der Waals surface area (Å²) in [6.07, 6.45) is 3.38. The van der Waals surface area contributed by atoms with Crippen molar-refractivity contribution in [2.45, 2.75) is 39.4 Å². The van der Waals surface area contributed by atoms with Crippen molar-refractivity contribution in [1.29, 1.82) is 0 Å². The van der Waals surface area contributed by atoms with E-state index < -0.39 is 10.8 Å². The van der Waals surface area contributed by atoms with E-state index in [1.807, 2.05) is 25.1 Å². The Bertz CT molecular complexity index is 688. The van der Waals surface area contributed by atoms with Crippen LogP contribution in [-0.2, 0) is 29.4 Å². The highest BCUT2D eigenvalue weighted by Gasteiger charge is 2.09. The van der Waals surface area contributed by atoms with Crippen LogP contribution in [0.25, 0.3) is 0 Å². The van der Waals surface area contributed by atoms with Gasteiger partial charge in [0.15, 0.2) is 0 Å². The highest BCUT2D eigenvalue weighted by Crippen LogP contribution is 2.22. The van der Waals surface area contributed by atoms with E-state index in [1.54, 1.807) is 6.26 Å². The molecule has 0 saturated carbocycles. The SMILES string of the molecule is CCc1nnc(Nc2cccc(CS(C)=O)c2C)nc1CC. The maximum atomic E-state index is 11.4. The molecule has 22 heavy (non-hydrogen) atoms. The fraction of sp³-hybridized carbons (Fsp3) is 0.438. The number of aryl methyl sites for hydroxylation is 2. The van der Waals surface area contributed by atoms with Crippen molar-refractivity contribution < 1.29 is 4.21 Å². The summed E-state index contributed by atoms with van der Waals surface area (Å²) in [5.74, 6) is 1.06. The van der Waals surface area contributed by atoms with Crippen LogP contribution in [0.5, 0.6) is 0 Å². The van der Waals surface area contributed by atoms with Crippen LogP contribution in [-0.4, -0.2) is 25.6 Å². The summed E-state index contributed by atoms with van der Waals surface area (Å²) < 4.78 is 11.4. The number of nitrogens with zero attached hydrogens (tertiary/aromatic N) is 3. The minimum Gasteiger partial charge on any atom is -0.323 e. The van der Waals surface area contributed by atoms with Crippen LogP contribution in [0.1, 0.15) is 36.4 Å². The lowest BCUT2D eigenvalue weighted by atomic mass is 10.1. The van der Waals surface area contributed by atoms with E-state index in [0.29, 0.717) is 11.7 Å². The van der Waals surface area contributed by atoms with Gasteiger partial charge >= 0.3 is 0 Å². The second-order valence-electron chi connectivity index (χ2n) is 5.17. The van der Waals surface area contributed by atoms with Gasteiger partial charge in [0.25, 0.3) is 0 Å². The first-order valence-electron chi connectivity index (χ1n) is 7.43. The molecule has 1 aromatic heterocycles. The summed E-state index contributed by atoms with van der Waals surface area (Å²) >= 11 is 0. The third-order valence-corrected chi connectivity index (χ3v) is 4.28. The van der Waals surface area contributed by atoms with Gasteiger partial charge in [-0.25, -0.2) is 4.98 Å². The van der Waals surface area contributed by atoms with Crippen LogP contribution < -0.4 is 5.32 Å². The molecule has 0 aliphatic heterocycles. The van der Waals surface area contributed by atoms with Gasteiger partial charge in [-0.1, -0.05) is 26.0 Å². The zero-order valence-electron chi connectivity index (χ0n) is 13.5. The number of aromatic nitrogens is 3. The Labute approximate surface area is 134 Å². The van der Waals surface area contributed by atoms with Crippen LogP contribution in [0.2, 0.25) is 0 Å². The lowest BCUT2D eigenvalue weighted by molar-refractivity contribution is 0.686. The van der Waals surface area contributed by atoms with Gasteiger partial charge in [-0.3, -0.25) is 4.21 Å². The lowest BCUT2D eigenvalue weighted by Crippen LogP contribution is -2.08. The van der Waals surface area contributed by atoms with E-state index in [2.05, 4.69) is 34.3 Å². The Kier molecular flexibility index (Phi) is 5.60. The molecule has 1 atom stereocenters. The van der Waals surface area contributed by atoms with Crippen molar-refractivity contribution in [2.75, 3.05) is 11.6 Å². The van der Waals surface area contributed by atoms with Crippen molar-refractivity contribution in [3.63, 3.8) is 0 Å². The Morgan fingerprint density at radius 1 is 1.14 bits per heavy atom. The highest BCUT2D eigenvalue weighted by atomic mass is 32.2. The van der Waals surface area contributed by atoms with Crippen LogP contribution in [0.15, 0.2) is 18.2 Å². The molecule has 0 aliphatic rings. The minimum atomic E-state index is -0.862. The summed E-state index contributed by atoms with van der Waals surface area (Å²) in [6, 6.07) is 5.92. The summed E-state index contributed by atoms with van der Waals surface area (Å²) in [7, 11) is -0.862. The lowest BCUT2D eigenvalue weighted by Gasteiger charge is -2.12. The number of anilines is 2. The monoisotopic (exact) mass is 318 g/mol. The number of nitrogens with one attached hydrogen (secondary N) is 1. The van der Waals surface area contributed by atoms with E-state index in [9.17, 15) is 4.21 Å². The van der Waals surface area contributed by atoms with Crippen molar-refractivity contribution in [1.82, 2.24) is 15.2 Å². The number of hydrogen-bond donors (Lipinski definition) is 1. The van der Waals surface area contributed by atoms with Gasteiger partial charge in [0.2, 0.25) is 5.95 Å². The molecule has 0 fully saturated rings. The fourth-order valence-electron chi connectivity index (χ4n) is 2.31. The van der Waals surface area contributed by atoms with Gasteiger partial charge in [-0.05, 0) is 37.0 Å². The molecule has 1 heterocycles. The molecule has 118 valence electrons. The van der Waals surface area contributed by atoms with Crippen molar-refractivity contribution in [3.8, 4) is 0 Å². The largest absolute Gasteiger partial charge is 0.323 e. The number of rotatable bonds is 6. The maximum absolute atomic E-state index is 11.4. The third-order valence-electron chi connectivity index (χ3n) is 3.56.